The van der Waals surface area contributed by atoms with E-state index in [2.05, 4.69) is 5.32 Å². The van der Waals surface area contributed by atoms with Gasteiger partial charge in [0.25, 0.3) is 0 Å². The highest BCUT2D eigenvalue weighted by Gasteiger charge is 2.35. The monoisotopic (exact) mass is 350 g/mol. The number of sulfone groups is 1. The standard InChI is InChI=1S/C16H18N2O3S2/c19-16(17-11-13-5-4-10-22-13)18-9-8-15(12-18)23(20,21)14-6-2-1-3-7-14/h1-7,10,15H,8-9,11-12H2,(H,17,19)/t15-/m0/s1. The van der Waals surface area contributed by atoms with Crippen LogP contribution in [0.3, 0.4) is 0 Å². The number of rotatable bonds is 4. The third-order valence-electron chi connectivity index (χ3n) is 3.94. The molecule has 1 aromatic carbocycles. The van der Waals surface area contributed by atoms with Crippen molar-refractivity contribution in [1.82, 2.24) is 10.2 Å². The van der Waals surface area contributed by atoms with Crippen molar-refractivity contribution < 1.29 is 13.2 Å². The molecule has 1 saturated heterocycles. The SMILES string of the molecule is O=C(NCc1cccs1)N1CC[C@H](S(=O)(=O)c2ccccc2)C1. The fourth-order valence-corrected chi connectivity index (χ4v) is 5.01. The first kappa shape index (κ1) is 16.0. The normalized spacial score (nSPS) is 18.1. The molecule has 1 atom stereocenters. The first-order chi connectivity index (χ1) is 11.1. The van der Waals surface area contributed by atoms with Crippen LogP contribution in [-0.2, 0) is 16.4 Å². The third-order valence-corrected chi connectivity index (χ3v) is 7.00. The number of carbonyl (C=O) groups is 1. The van der Waals surface area contributed by atoms with Gasteiger partial charge in [-0.05, 0) is 30.0 Å². The fraction of sp³-hybridized carbons (Fsp3) is 0.312. The van der Waals surface area contributed by atoms with Gasteiger partial charge in [0.15, 0.2) is 9.84 Å². The molecule has 1 aliphatic heterocycles. The minimum atomic E-state index is -3.38. The van der Waals surface area contributed by atoms with E-state index in [-0.39, 0.29) is 12.6 Å². The van der Waals surface area contributed by atoms with Crippen LogP contribution in [0.5, 0.6) is 0 Å². The van der Waals surface area contributed by atoms with E-state index in [0.29, 0.717) is 24.4 Å². The van der Waals surface area contributed by atoms with Crippen molar-refractivity contribution in [3.8, 4) is 0 Å². The minimum absolute atomic E-state index is 0.204. The summed E-state index contributed by atoms with van der Waals surface area (Å²) < 4.78 is 25.2. The number of hydrogen-bond donors (Lipinski definition) is 1. The zero-order chi connectivity index (χ0) is 16.3. The second-order valence-electron chi connectivity index (χ2n) is 5.45. The van der Waals surface area contributed by atoms with E-state index in [1.807, 2.05) is 17.5 Å². The largest absolute Gasteiger partial charge is 0.333 e. The Balaban J connectivity index is 1.61. The van der Waals surface area contributed by atoms with Crippen LogP contribution in [0.4, 0.5) is 4.79 Å². The van der Waals surface area contributed by atoms with E-state index in [0.717, 1.165) is 4.88 Å². The second-order valence-corrected chi connectivity index (χ2v) is 8.71. The maximum atomic E-state index is 12.6. The lowest BCUT2D eigenvalue weighted by Gasteiger charge is -2.17. The zero-order valence-electron chi connectivity index (χ0n) is 12.5. The number of carbonyl (C=O) groups excluding carboxylic acids is 1. The maximum absolute atomic E-state index is 12.6. The predicted molar refractivity (Wildman–Crippen MR) is 90.2 cm³/mol. The highest BCUT2D eigenvalue weighted by Crippen LogP contribution is 2.23. The van der Waals surface area contributed by atoms with Crippen molar-refractivity contribution in [2.45, 2.75) is 23.1 Å². The van der Waals surface area contributed by atoms with Crippen LogP contribution in [0.2, 0.25) is 0 Å². The highest BCUT2D eigenvalue weighted by molar-refractivity contribution is 7.92. The van der Waals surface area contributed by atoms with Gasteiger partial charge in [0.1, 0.15) is 0 Å². The topological polar surface area (TPSA) is 66.5 Å². The van der Waals surface area contributed by atoms with E-state index in [4.69, 9.17) is 0 Å². The fourth-order valence-electron chi connectivity index (χ4n) is 2.66. The van der Waals surface area contributed by atoms with Gasteiger partial charge in [-0.25, -0.2) is 13.2 Å². The van der Waals surface area contributed by atoms with E-state index < -0.39 is 15.1 Å². The molecule has 2 aromatic rings. The highest BCUT2D eigenvalue weighted by atomic mass is 32.2. The van der Waals surface area contributed by atoms with Gasteiger partial charge in [-0.2, -0.15) is 0 Å². The van der Waals surface area contributed by atoms with Crippen molar-refractivity contribution in [2.75, 3.05) is 13.1 Å². The quantitative estimate of drug-likeness (QED) is 0.921. The van der Waals surface area contributed by atoms with E-state index in [9.17, 15) is 13.2 Å². The molecule has 2 heterocycles. The number of nitrogens with zero attached hydrogens (tertiary/aromatic N) is 1. The van der Waals surface area contributed by atoms with E-state index in [1.165, 1.54) is 0 Å². The minimum Gasteiger partial charge on any atom is -0.333 e. The molecule has 1 aliphatic rings. The van der Waals surface area contributed by atoms with Crippen LogP contribution in [-0.4, -0.2) is 37.7 Å². The number of likely N-dealkylation sites (tertiary alicyclic amines) is 1. The van der Waals surface area contributed by atoms with Gasteiger partial charge < -0.3 is 10.2 Å². The number of amides is 2. The lowest BCUT2D eigenvalue weighted by molar-refractivity contribution is 0.208. The Labute approximate surface area is 139 Å². The molecular weight excluding hydrogens is 332 g/mol. The Bertz CT molecular complexity index is 758. The number of hydrogen-bond acceptors (Lipinski definition) is 4. The molecule has 0 spiro atoms. The zero-order valence-corrected chi connectivity index (χ0v) is 14.1. The average molecular weight is 350 g/mol. The Kier molecular flexibility index (Phi) is 4.68. The van der Waals surface area contributed by atoms with Gasteiger partial charge in [-0.3, -0.25) is 0 Å². The van der Waals surface area contributed by atoms with Crippen molar-refractivity contribution in [2.24, 2.45) is 0 Å². The molecule has 1 fully saturated rings. The maximum Gasteiger partial charge on any atom is 0.317 e. The number of urea groups is 1. The lowest BCUT2D eigenvalue weighted by atomic mass is 10.4. The van der Waals surface area contributed by atoms with Crippen LogP contribution < -0.4 is 5.32 Å². The predicted octanol–water partition coefficient (Wildman–Crippen LogP) is 2.51. The smallest absolute Gasteiger partial charge is 0.317 e. The van der Waals surface area contributed by atoms with Crippen LogP contribution in [0, 0.1) is 0 Å². The Morgan fingerprint density at radius 1 is 1.22 bits per heavy atom. The molecule has 1 N–H and O–H groups in total. The number of nitrogens with one attached hydrogen (secondary N) is 1. The van der Waals surface area contributed by atoms with Gasteiger partial charge in [-0.15, -0.1) is 11.3 Å². The summed E-state index contributed by atoms with van der Waals surface area (Å²) in [6, 6.07) is 12.1. The third kappa shape index (κ3) is 3.56. The van der Waals surface area contributed by atoms with Gasteiger partial charge in [0.05, 0.1) is 16.7 Å². The summed E-state index contributed by atoms with van der Waals surface area (Å²) in [5, 5.41) is 4.27. The summed E-state index contributed by atoms with van der Waals surface area (Å²) in [5.41, 5.74) is 0. The van der Waals surface area contributed by atoms with Gasteiger partial charge >= 0.3 is 6.03 Å². The Morgan fingerprint density at radius 3 is 2.70 bits per heavy atom. The molecule has 0 saturated carbocycles. The van der Waals surface area contributed by atoms with Crippen LogP contribution in [0.25, 0.3) is 0 Å². The Morgan fingerprint density at radius 2 is 2.00 bits per heavy atom. The molecule has 5 nitrogen and oxygen atoms in total. The molecule has 3 rings (SSSR count). The van der Waals surface area contributed by atoms with Crippen molar-refractivity contribution in [3.05, 3.63) is 52.7 Å². The van der Waals surface area contributed by atoms with Crippen LogP contribution >= 0.6 is 11.3 Å². The van der Waals surface area contributed by atoms with Crippen LogP contribution in [0.1, 0.15) is 11.3 Å². The number of benzene rings is 1. The molecule has 2 amide bonds. The molecular formula is C16H18N2O3S2. The molecule has 1 aromatic heterocycles. The van der Waals surface area contributed by atoms with Crippen LogP contribution in [0.15, 0.2) is 52.7 Å². The molecule has 0 bridgehead atoms. The Hall–Kier alpha value is -1.86. The van der Waals surface area contributed by atoms with Gasteiger partial charge in [0.2, 0.25) is 0 Å². The second kappa shape index (κ2) is 6.72. The molecule has 0 radical (unpaired) electrons. The van der Waals surface area contributed by atoms with Crippen molar-refractivity contribution in [3.63, 3.8) is 0 Å². The lowest BCUT2D eigenvalue weighted by Crippen LogP contribution is -2.39. The molecule has 7 heteroatoms. The van der Waals surface area contributed by atoms with Crippen molar-refractivity contribution in [1.29, 1.82) is 0 Å². The van der Waals surface area contributed by atoms with Gasteiger partial charge in [-0.1, -0.05) is 24.3 Å². The van der Waals surface area contributed by atoms with Gasteiger partial charge in [0, 0.05) is 18.0 Å². The number of thiophene rings is 1. The summed E-state index contributed by atoms with van der Waals surface area (Å²) >= 11 is 1.58. The summed E-state index contributed by atoms with van der Waals surface area (Å²) in [6.45, 7) is 1.18. The van der Waals surface area contributed by atoms with E-state index in [1.54, 1.807) is 46.6 Å². The first-order valence-electron chi connectivity index (χ1n) is 7.41. The van der Waals surface area contributed by atoms with E-state index >= 15 is 0 Å². The molecule has 23 heavy (non-hydrogen) atoms. The summed E-state index contributed by atoms with van der Waals surface area (Å²) in [5.74, 6) is 0. The molecule has 122 valence electrons. The summed E-state index contributed by atoms with van der Waals surface area (Å²) in [4.78, 5) is 15.2. The first-order valence-corrected chi connectivity index (χ1v) is 9.84. The summed E-state index contributed by atoms with van der Waals surface area (Å²) in [7, 11) is -3.38. The summed E-state index contributed by atoms with van der Waals surface area (Å²) in [6.07, 6.45) is 0.476. The average Bonchev–Trinajstić information content (AvgIpc) is 3.25. The van der Waals surface area contributed by atoms with Crippen molar-refractivity contribution >= 4 is 27.2 Å². The molecule has 0 unspecified atom stereocenters. The molecule has 0 aliphatic carbocycles.